The summed E-state index contributed by atoms with van der Waals surface area (Å²) in [4.78, 5) is 3.79. The van der Waals surface area contributed by atoms with Crippen LogP contribution >= 0.6 is 15.9 Å². The topological polar surface area (TPSA) is 38.9 Å². The first-order valence-electron chi connectivity index (χ1n) is 3.70. The fraction of sp³-hybridized carbons (Fsp3) is 0.375. The smallest absolute Gasteiger partial charge is 0.265 e. The fourth-order valence-corrected chi connectivity index (χ4v) is 1.65. The van der Waals surface area contributed by atoms with Crippen molar-refractivity contribution >= 4 is 15.9 Å². The molecule has 0 bridgehead atoms. The molecule has 0 unspecified atom stereocenters. The van der Waals surface area contributed by atoms with Gasteiger partial charge in [-0.05, 0) is 28.4 Å². The van der Waals surface area contributed by atoms with Gasteiger partial charge in [0.2, 0.25) is 0 Å². The van der Waals surface area contributed by atoms with Crippen LogP contribution in [0.4, 0.5) is 8.78 Å². The molecule has 0 aliphatic heterocycles. The summed E-state index contributed by atoms with van der Waals surface area (Å²) in [5, 5.41) is 0. The van der Waals surface area contributed by atoms with Crippen LogP contribution in [0.15, 0.2) is 10.8 Å². The zero-order valence-corrected chi connectivity index (χ0v) is 8.61. The lowest BCUT2D eigenvalue weighted by Gasteiger charge is -2.09. The van der Waals surface area contributed by atoms with Crippen LogP contribution in [0.3, 0.4) is 0 Å². The van der Waals surface area contributed by atoms with Crippen molar-refractivity contribution in [2.45, 2.75) is 19.9 Å². The normalized spacial score (nSPS) is 10.9. The van der Waals surface area contributed by atoms with Gasteiger partial charge in [-0.2, -0.15) is 0 Å². The molecule has 1 rings (SSSR count). The van der Waals surface area contributed by atoms with Crippen LogP contribution in [0.2, 0.25) is 0 Å². The van der Waals surface area contributed by atoms with Crippen LogP contribution in [0.1, 0.15) is 23.1 Å². The van der Waals surface area contributed by atoms with E-state index in [0.29, 0.717) is 15.7 Å². The molecule has 0 amide bonds. The monoisotopic (exact) mass is 250 g/mol. The van der Waals surface area contributed by atoms with Gasteiger partial charge in [0.05, 0.1) is 0 Å². The molecule has 0 saturated heterocycles. The van der Waals surface area contributed by atoms with Crippen molar-refractivity contribution in [1.29, 1.82) is 0 Å². The fourth-order valence-electron chi connectivity index (χ4n) is 1.09. The highest BCUT2D eigenvalue weighted by Gasteiger charge is 2.15. The van der Waals surface area contributed by atoms with E-state index in [1.54, 1.807) is 6.92 Å². The Hall–Kier alpha value is -0.550. The van der Waals surface area contributed by atoms with E-state index in [9.17, 15) is 8.78 Å². The highest BCUT2D eigenvalue weighted by atomic mass is 79.9. The summed E-state index contributed by atoms with van der Waals surface area (Å²) in [7, 11) is 0. The molecule has 0 aliphatic carbocycles. The summed E-state index contributed by atoms with van der Waals surface area (Å²) in [5.41, 5.74) is 6.50. The van der Waals surface area contributed by atoms with E-state index in [4.69, 9.17) is 5.73 Å². The van der Waals surface area contributed by atoms with E-state index in [-0.39, 0.29) is 12.1 Å². The van der Waals surface area contributed by atoms with Crippen LogP contribution < -0.4 is 5.73 Å². The quantitative estimate of drug-likeness (QED) is 0.820. The number of aromatic nitrogens is 1. The van der Waals surface area contributed by atoms with E-state index in [1.807, 2.05) is 0 Å². The third-order valence-corrected chi connectivity index (χ3v) is 2.57. The standard InChI is InChI=1S/C8H9BrF2N2/c1-4-5(2-12)7(9)13-3-6(4)8(10)11/h3,8H,2,12H2,1H3. The minimum atomic E-state index is -2.49. The Morgan fingerprint density at radius 2 is 2.23 bits per heavy atom. The molecule has 0 saturated carbocycles. The van der Waals surface area contributed by atoms with Crippen molar-refractivity contribution < 1.29 is 8.78 Å². The number of rotatable bonds is 2. The zero-order valence-electron chi connectivity index (χ0n) is 7.02. The summed E-state index contributed by atoms with van der Waals surface area (Å²) in [6.07, 6.45) is -1.32. The second-order valence-corrected chi connectivity index (χ2v) is 3.36. The minimum Gasteiger partial charge on any atom is -0.326 e. The maximum atomic E-state index is 12.4. The Kier molecular flexibility index (Phi) is 3.33. The Balaban J connectivity index is 3.27. The number of hydrogen-bond donors (Lipinski definition) is 1. The maximum absolute atomic E-state index is 12.4. The van der Waals surface area contributed by atoms with Crippen LogP contribution in [0.5, 0.6) is 0 Å². The summed E-state index contributed by atoms with van der Waals surface area (Å²) in [5.74, 6) is 0. The van der Waals surface area contributed by atoms with Crippen LogP contribution in [0.25, 0.3) is 0 Å². The maximum Gasteiger partial charge on any atom is 0.265 e. The molecule has 0 fully saturated rings. The van der Waals surface area contributed by atoms with Gasteiger partial charge in [0.25, 0.3) is 6.43 Å². The molecule has 5 heteroatoms. The van der Waals surface area contributed by atoms with Gasteiger partial charge in [0.15, 0.2) is 0 Å². The number of nitrogens with zero attached hydrogens (tertiary/aromatic N) is 1. The largest absolute Gasteiger partial charge is 0.326 e. The van der Waals surface area contributed by atoms with Gasteiger partial charge in [-0.15, -0.1) is 0 Å². The summed E-state index contributed by atoms with van der Waals surface area (Å²) >= 11 is 3.15. The van der Waals surface area contributed by atoms with Crippen molar-refractivity contribution in [3.63, 3.8) is 0 Å². The lowest BCUT2D eigenvalue weighted by Crippen LogP contribution is -2.05. The van der Waals surface area contributed by atoms with Crippen molar-refractivity contribution in [2.24, 2.45) is 5.73 Å². The predicted octanol–water partition coefficient (Wildman–Crippen LogP) is 2.55. The molecule has 13 heavy (non-hydrogen) atoms. The Bertz CT molecular complexity index is 315. The minimum absolute atomic E-state index is 0.0522. The van der Waals surface area contributed by atoms with Crippen molar-refractivity contribution in [3.8, 4) is 0 Å². The predicted molar refractivity (Wildman–Crippen MR) is 49.5 cm³/mol. The first-order valence-corrected chi connectivity index (χ1v) is 4.49. The van der Waals surface area contributed by atoms with Crippen LogP contribution in [-0.4, -0.2) is 4.98 Å². The molecular weight excluding hydrogens is 242 g/mol. The van der Waals surface area contributed by atoms with Gasteiger partial charge >= 0.3 is 0 Å². The van der Waals surface area contributed by atoms with Gasteiger partial charge in [-0.3, -0.25) is 0 Å². The van der Waals surface area contributed by atoms with E-state index in [2.05, 4.69) is 20.9 Å². The van der Waals surface area contributed by atoms with Gasteiger partial charge in [0, 0.05) is 23.9 Å². The number of pyridine rings is 1. The average molecular weight is 251 g/mol. The van der Waals surface area contributed by atoms with Gasteiger partial charge in [-0.25, -0.2) is 13.8 Å². The molecule has 0 spiro atoms. The molecule has 0 aliphatic rings. The number of halogens is 3. The first kappa shape index (κ1) is 10.5. The molecule has 2 nitrogen and oxygen atoms in total. The van der Waals surface area contributed by atoms with Crippen molar-refractivity contribution in [2.75, 3.05) is 0 Å². The Morgan fingerprint density at radius 3 is 2.69 bits per heavy atom. The molecule has 0 atom stereocenters. The molecular formula is C8H9BrF2N2. The molecule has 0 aromatic carbocycles. The highest BCUT2D eigenvalue weighted by Crippen LogP contribution is 2.27. The Morgan fingerprint density at radius 1 is 1.62 bits per heavy atom. The lowest BCUT2D eigenvalue weighted by atomic mass is 10.1. The van der Waals surface area contributed by atoms with Gasteiger partial charge in [0.1, 0.15) is 4.60 Å². The summed E-state index contributed by atoms with van der Waals surface area (Å²) in [6.45, 7) is 1.83. The molecule has 0 radical (unpaired) electrons. The number of nitrogens with two attached hydrogens (primary N) is 1. The molecule has 1 heterocycles. The van der Waals surface area contributed by atoms with Crippen molar-refractivity contribution in [3.05, 3.63) is 27.5 Å². The zero-order chi connectivity index (χ0) is 10.0. The van der Waals surface area contributed by atoms with Crippen LogP contribution in [0, 0.1) is 6.92 Å². The molecule has 1 aromatic rings. The van der Waals surface area contributed by atoms with Gasteiger partial charge < -0.3 is 5.73 Å². The third kappa shape index (κ3) is 2.03. The van der Waals surface area contributed by atoms with E-state index < -0.39 is 6.43 Å². The second kappa shape index (κ2) is 4.11. The molecule has 72 valence electrons. The SMILES string of the molecule is Cc1c(C(F)F)cnc(Br)c1CN. The average Bonchev–Trinajstić information content (AvgIpc) is 2.04. The first-order chi connectivity index (χ1) is 6.07. The summed E-state index contributed by atoms with van der Waals surface area (Å²) < 4.78 is 25.3. The summed E-state index contributed by atoms with van der Waals surface area (Å²) in [6, 6.07) is 0. The van der Waals surface area contributed by atoms with Gasteiger partial charge in [-0.1, -0.05) is 0 Å². The lowest BCUT2D eigenvalue weighted by molar-refractivity contribution is 0.150. The van der Waals surface area contributed by atoms with E-state index in [1.165, 1.54) is 6.20 Å². The Labute approximate surface area is 83.3 Å². The number of hydrogen-bond acceptors (Lipinski definition) is 2. The molecule has 1 aromatic heterocycles. The van der Waals surface area contributed by atoms with Crippen LogP contribution in [-0.2, 0) is 6.54 Å². The van der Waals surface area contributed by atoms with Crippen molar-refractivity contribution in [1.82, 2.24) is 4.98 Å². The highest BCUT2D eigenvalue weighted by molar-refractivity contribution is 9.10. The third-order valence-electron chi connectivity index (χ3n) is 1.89. The van der Waals surface area contributed by atoms with E-state index in [0.717, 1.165) is 0 Å². The number of alkyl halides is 2. The second-order valence-electron chi connectivity index (χ2n) is 2.61. The van der Waals surface area contributed by atoms with E-state index >= 15 is 0 Å². The molecule has 2 N–H and O–H groups in total.